The van der Waals surface area contributed by atoms with Gasteiger partial charge in [-0.1, -0.05) is 43.7 Å². The average molecular weight is 457 g/mol. The molecule has 0 saturated carbocycles. The number of hydrogen-bond acceptors (Lipinski definition) is 5. The lowest BCUT2D eigenvalue weighted by Gasteiger charge is -2.11. The third-order valence-electron chi connectivity index (χ3n) is 5.47. The van der Waals surface area contributed by atoms with Crippen molar-refractivity contribution in [2.75, 3.05) is 6.61 Å². The first-order chi connectivity index (χ1) is 16.5. The number of aromatic nitrogens is 1. The van der Waals surface area contributed by atoms with Crippen LogP contribution in [0.3, 0.4) is 0 Å². The van der Waals surface area contributed by atoms with Crippen molar-refractivity contribution in [3.05, 3.63) is 88.7 Å². The van der Waals surface area contributed by atoms with Gasteiger partial charge in [0.2, 0.25) is 0 Å². The quantitative estimate of drug-likeness (QED) is 0.216. The van der Waals surface area contributed by atoms with Crippen molar-refractivity contribution < 1.29 is 14.3 Å². The third kappa shape index (κ3) is 5.78. The number of carbonyl (C=O) groups is 2. The molecule has 174 valence electrons. The van der Waals surface area contributed by atoms with Crippen LogP contribution in [0.5, 0.6) is 0 Å². The van der Waals surface area contributed by atoms with Crippen LogP contribution in [0.1, 0.15) is 58.6 Å². The number of nitriles is 1. The molecule has 0 unspecified atom stereocenters. The topological polar surface area (TPSA) is 96.5 Å². The average Bonchev–Trinajstić information content (AvgIpc) is 3.13. The molecule has 0 aliphatic rings. The highest BCUT2D eigenvalue weighted by molar-refractivity contribution is 5.90. The summed E-state index contributed by atoms with van der Waals surface area (Å²) in [5.41, 5.74) is 7.22. The van der Waals surface area contributed by atoms with Crippen LogP contribution in [0.2, 0.25) is 0 Å². The SMILES string of the molecule is CCCCOC(=O)c1ccc(-n2c(C)cc(/C=N\NC(=O)[C@H](C#N)c3ccccc3)c2C)cc1. The molecular formula is C27H28N4O3. The Kier molecular flexibility index (Phi) is 8.36. The summed E-state index contributed by atoms with van der Waals surface area (Å²) < 4.78 is 7.30. The Labute approximate surface area is 199 Å². The van der Waals surface area contributed by atoms with Gasteiger partial charge in [-0.3, -0.25) is 4.79 Å². The fourth-order valence-corrected chi connectivity index (χ4v) is 3.61. The minimum atomic E-state index is -0.932. The van der Waals surface area contributed by atoms with Crippen molar-refractivity contribution in [2.24, 2.45) is 5.10 Å². The Morgan fingerprint density at radius 1 is 1.15 bits per heavy atom. The molecule has 0 aliphatic heterocycles. The van der Waals surface area contributed by atoms with Gasteiger partial charge in [0.25, 0.3) is 5.91 Å². The molecule has 1 atom stereocenters. The summed E-state index contributed by atoms with van der Waals surface area (Å²) in [5, 5.41) is 13.5. The molecule has 1 amide bonds. The second kappa shape index (κ2) is 11.6. The zero-order valence-electron chi connectivity index (χ0n) is 19.6. The van der Waals surface area contributed by atoms with Crippen LogP contribution in [0.4, 0.5) is 0 Å². The maximum atomic E-state index is 12.4. The minimum Gasteiger partial charge on any atom is -0.462 e. The van der Waals surface area contributed by atoms with Gasteiger partial charge >= 0.3 is 5.97 Å². The molecule has 0 fully saturated rings. The molecule has 0 bridgehead atoms. The van der Waals surface area contributed by atoms with E-state index in [-0.39, 0.29) is 5.97 Å². The number of rotatable bonds is 9. The summed E-state index contributed by atoms with van der Waals surface area (Å²) in [6, 6.07) is 20.1. The molecule has 1 N–H and O–H groups in total. The highest BCUT2D eigenvalue weighted by Crippen LogP contribution is 2.21. The summed E-state index contributed by atoms with van der Waals surface area (Å²) in [6.07, 6.45) is 3.38. The maximum Gasteiger partial charge on any atom is 0.338 e. The highest BCUT2D eigenvalue weighted by Gasteiger charge is 2.19. The van der Waals surface area contributed by atoms with Crippen LogP contribution in [0, 0.1) is 25.2 Å². The van der Waals surface area contributed by atoms with E-state index < -0.39 is 11.8 Å². The van der Waals surface area contributed by atoms with Gasteiger partial charge in [-0.2, -0.15) is 10.4 Å². The third-order valence-corrected chi connectivity index (χ3v) is 5.47. The lowest BCUT2D eigenvalue weighted by Crippen LogP contribution is -2.24. The minimum absolute atomic E-state index is 0.323. The number of unbranched alkanes of at least 4 members (excludes halogenated alkanes) is 1. The van der Waals surface area contributed by atoms with Crippen LogP contribution in [0.15, 0.2) is 65.8 Å². The number of esters is 1. The number of aryl methyl sites for hydroxylation is 1. The summed E-state index contributed by atoms with van der Waals surface area (Å²) >= 11 is 0. The summed E-state index contributed by atoms with van der Waals surface area (Å²) in [7, 11) is 0. The fourth-order valence-electron chi connectivity index (χ4n) is 3.61. The lowest BCUT2D eigenvalue weighted by molar-refractivity contribution is -0.121. The molecule has 0 radical (unpaired) electrons. The predicted molar refractivity (Wildman–Crippen MR) is 131 cm³/mol. The number of ether oxygens (including phenoxy) is 1. The molecule has 7 nitrogen and oxygen atoms in total. The number of nitrogens with one attached hydrogen (secondary N) is 1. The molecule has 1 aromatic heterocycles. The van der Waals surface area contributed by atoms with Crippen LogP contribution < -0.4 is 5.43 Å². The molecule has 2 aromatic carbocycles. The Balaban J connectivity index is 1.70. The zero-order chi connectivity index (χ0) is 24.5. The first-order valence-corrected chi connectivity index (χ1v) is 11.2. The molecular weight excluding hydrogens is 428 g/mol. The first-order valence-electron chi connectivity index (χ1n) is 11.2. The smallest absolute Gasteiger partial charge is 0.338 e. The second-order valence-electron chi connectivity index (χ2n) is 7.91. The van der Waals surface area contributed by atoms with E-state index in [0.717, 1.165) is 35.5 Å². The molecule has 0 aliphatic carbocycles. The number of nitrogens with zero attached hydrogens (tertiary/aromatic N) is 3. The van der Waals surface area contributed by atoms with Gasteiger partial charge in [-0.25, -0.2) is 10.2 Å². The standard InChI is InChI=1S/C27H28N4O3/c1-4-5-15-34-27(33)22-11-13-24(14-12-22)31-19(2)16-23(20(31)3)18-29-30-26(32)25(17-28)21-9-7-6-8-10-21/h6-14,16,18,25H,4-5,15H2,1-3H3,(H,30,32)/b29-18-/t25-/m1/s1. The molecule has 1 heterocycles. The number of hydrazone groups is 1. The largest absolute Gasteiger partial charge is 0.462 e. The first kappa shape index (κ1) is 24.5. The van der Waals surface area contributed by atoms with Crippen molar-refractivity contribution >= 4 is 18.1 Å². The second-order valence-corrected chi connectivity index (χ2v) is 7.91. The number of hydrogen-bond donors (Lipinski definition) is 1. The molecule has 0 saturated heterocycles. The van der Waals surface area contributed by atoms with Gasteiger partial charge in [-0.15, -0.1) is 0 Å². The maximum absolute atomic E-state index is 12.4. The molecule has 3 aromatic rings. The van der Waals surface area contributed by atoms with Crippen LogP contribution in [-0.2, 0) is 9.53 Å². The Morgan fingerprint density at radius 3 is 2.50 bits per heavy atom. The van der Waals surface area contributed by atoms with Crippen molar-refractivity contribution in [3.63, 3.8) is 0 Å². The number of benzene rings is 2. The van der Waals surface area contributed by atoms with Crippen molar-refractivity contribution in [1.29, 1.82) is 5.26 Å². The van der Waals surface area contributed by atoms with Gasteiger partial charge in [0.05, 0.1) is 24.5 Å². The fraction of sp³-hybridized carbons (Fsp3) is 0.259. The Hall–Kier alpha value is -4.18. The number of amides is 1. The monoisotopic (exact) mass is 456 g/mol. The van der Waals surface area contributed by atoms with E-state index in [2.05, 4.69) is 10.5 Å². The van der Waals surface area contributed by atoms with Crippen molar-refractivity contribution in [1.82, 2.24) is 9.99 Å². The van der Waals surface area contributed by atoms with E-state index in [9.17, 15) is 14.9 Å². The van der Waals surface area contributed by atoms with E-state index in [0.29, 0.717) is 17.7 Å². The van der Waals surface area contributed by atoms with Crippen LogP contribution >= 0.6 is 0 Å². The molecule has 3 rings (SSSR count). The van der Waals surface area contributed by atoms with Gasteiger partial charge in [0.15, 0.2) is 5.92 Å². The molecule has 34 heavy (non-hydrogen) atoms. The normalized spacial score (nSPS) is 11.7. The van der Waals surface area contributed by atoms with Gasteiger partial charge < -0.3 is 9.30 Å². The Morgan fingerprint density at radius 2 is 1.85 bits per heavy atom. The van der Waals surface area contributed by atoms with Crippen molar-refractivity contribution in [3.8, 4) is 11.8 Å². The summed E-state index contributed by atoms with van der Waals surface area (Å²) in [6.45, 7) is 6.39. The summed E-state index contributed by atoms with van der Waals surface area (Å²) in [4.78, 5) is 24.6. The Bertz CT molecular complexity index is 1210. The van der Waals surface area contributed by atoms with Gasteiger partial charge in [0, 0.05) is 22.6 Å². The van der Waals surface area contributed by atoms with E-state index in [1.165, 1.54) is 0 Å². The van der Waals surface area contributed by atoms with E-state index in [4.69, 9.17) is 4.74 Å². The van der Waals surface area contributed by atoms with Gasteiger partial charge in [0.1, 0.15) is 0 Å². The van der Waals surface area contributed by atoms with E-state index in [1.54, 1.807) is 42.6 Å². The number of carbonyl (C=O) groups excluding carboxylic acids is 2. The van der Waals surface area contributed by atoms with E-state index >= 15 is 0 Å². The highest BCUT2D eigenvalue weighted by atomic mass is 16.5. The zero-order valence-corrected chi connectivity index (χ0v) is 19.6. The predicted octanol–water partition coefficient (Wildman–Crippen LogP) is 4.81. The van der Waals surface area contributed by atoms with Crippen LogP contribution in [-0.4, -0.2) is 29.3 Å². The lowest BCUT2D eigenvalue weighted by atomic mass is 10.0. The van der Waals surface area contributed by atoms with Crippen molar-refractivity contribution in [2.45, 2.75) is 39.5 Å². The van der Waals surface area contributed by atoms with Gasteiger partial charge in [-0.05, 0) is 56.2 Å². The summed E-state index contributed by atoms with van der Waals surface area (Å²) in [5.74, 6) is -1.74. The molecule has 0 spiro atoms. The van der Waals surface area contributed by atoms with Crippen LogP contribution in [0.25, 0.3) is 5.69 Å². The van der Waals surface area contributed by atoms with E-state index in [1.807, 2.05) is 55.7 Å². The molecule has 7 heteroatoms.